The van der Waals surface area contributed by atoms with E-state index in [1.54, 1.807) is 0 Å². The topological polar surface area (TPSA) is 62.3 Å². The number of anilines is 1. The standard InChI is InChI=1S/C16H15N3O2/c1-10-2-4-13-12(6-10)18-16(17)19(13)8-11-3-5-14-15(7-11)21-9-20-14/h2-7H,8-9H2,1H3,(H2,17,18). The summed E-state index contributed by atoms with van der Waals surface area (Å²) in [5.74, 6) is 2.09. The number of benzene rings is 2. The lowest BCUT2D eigenvalue weighted by molar-refractivity contribution is 0.174. The van der Waals surface area contributed by atoms with Crippen LogP contribution in [0.4, 0.5) is 5.95 Å². The number of aromatic nitrogens is 2. The second-order valence-corrected chi connectivity index (χ2v) is 5.24. The summed E-state index contributed by atoms with van der Waals surface area (Å²) in [7, 11) is 0. The van der Waals surface area contributed by atoms with Gasteiger partial charge in [0.2, 0.25) is 12.7 Å². The molecular weight excluding hydrogens is 266 g/mol. The summed E-state index contributed by atoms with van der Waals surface area (Å²) < 4.78 is 12.7. The molecule has 1 aromatic heterocycles. The van der Waals surface area contributed by atoms with Gasteiger partial charge in [-0.05, 0) is 42.3 Å². The summed E-state index contributed by atoms with van der Waals surface area (Å²) in [6.07, 6.45) is 0. The molecule has 0 saturated carbocycles. The van der Waals surface area contributed by atoms with Crippen molar-refractivity contribution in [2.24, 2.45) is 0 Å². The number of nitrogens with zero attached hydrogens (tertiary/aromatic N) is 2. The molecule has 0 bridgehead atoms. The minimum atomic E-state index is 0.286. The minimum absolute atomic E-state index is 0.286. The van der Waals surface area contributed by atoms with E-state index < -0.39 is 0 Å². The highest BCUT2D eigenvalue weighted by Gasteiger charge is 2.14. The zero-order valence-electron chi connectivity index (χ0n) is 11.7. The maximum Gasteiger partial charge on any atom is 0.231 e. The third-order valence-corrected chi connectivity index (χ3v) is 3.71. The number of rotatable bonds is 2. The fraction of sp³-hybridized carbons (Fsp3) is 0.188. The molecule has 0 unspecified atom stereocenters. The van der Waals surface area contributed by atoms with Crippen LogP contribution in [-0.2, 0) is 6.54 Å². The average molecular weight is 281 g/mol. The number of ether oxygens (including phenoxy) is 2. The average Bonchev–Trinajstić information content (AvgIpc) is 3.03. The zero-order chi connectivity index (χ0) is 14.4. The normalized spacial score (nSPS) is 13.0. The number of imidazole rings is 1. The molecular formula is C16H15N3O2. The molecule has 21 heavy (non-hydrogen) atoms. The Morgan fingerprint density at radius 1 is 1.14 bits per heavy atom. The van der Waals surface area contributed by atoms with Crippen molar-refractivity contribution < 1.29 is 9.47 Å². The molecule has 0 aliphatic carbocycles. The largest absolute Gasteiger partial charge is 0.454 e. The molecule has 0 amide bonds. The first-order valence-electron chi connectivity index (χ1n) is 6.81. The summed E-state index contributed by atoms with van der Waals surface area (Å²) in [4.78, 5) is 4.43. The number of hydrogen-bond acceptors (Lipinski definition) is 4. The summed E-state index contributed by atoms with van der Waals surface area (Å²) in [5, 5.41) is 0. The molecule has 0 spiro atoms. The summed E-state index contributed by atoms with van der Waals surface area (Å²) in [6.45, 7) is 2.99. The van der Waals surface area contributed by atoms with Crippen LogP contribution < -0.4 is 15.2 Å². The molecule has 1 aliphatic rings. The zero-order valence-corrected chi connectivity index (χ0v) is 11.7. The van der Waals surface area contributed by atoms with E-state index in [-0.39, 0.29) is 6.79 Å². The summed E-state index contributed by atoms with van der Waals surface area (Å²) in [5.41, 5.74) is 10.3. The van der Waals surface area contributed by atoms with Crippen molar-refractivity contribution in [2.75, 3.05) is 12.5 Å². The fourth-order valence-electron chi connectivity index (χ4n) is 2.65. The molecule has 4 rings (SSSR count). The predicted octanol–water partition coefficient (Wildman–Crippen LogP) is 2.70. The van der Waals surface area contributed by atoms with Gasteiger partial charge in [0.15, 0.2) is 11.5 Å². The monoisotopic (exact) mass is 281 g/mol. The molecule has 0 atom stereocenters. The van der Waals surface area contributed by atoms with Crippen LogP contribution in [0.1, 0.15) is 11.1 Å². The van der Waals surface area contributed by atoms with Crippen LogP contribution in [0, 0.1) is 6.92 Å². The fourth-order valence-corrected chi connectivity index (χ4v) is 2.65. The van der Waals surface area contributed by atoms with E-state index in [1.807, 2.05) is 35.8 Å². The van der Waals surface area contributed by atoms with E-state index in [0.717, 1.165) is 28.1 Å². The van der Waals surface area contributed by atoms with Crippen molar-refractivity contribution in [1.82, 2.24) is 9.55 Å². The van der Waals surface area contributed by atoms with E-state index >= 15 is 0 Å². The molecule has 106 valence electrons. The van der Waals surface area contributed by atoms with Gasteiger partial charge in [-0.15, -0.1) is 0 Å². The first kappa shape index (κ1) is 12.1. The summed E-state index contributed by atoms with van der Waals surface area (Å²) >= 11 is 0. The predicted molar refractivity (Wildman–Crippen MR) is 80.5 cm³/mol. The van der Waals surface area contributed by atoms with Crippen LogP contribution >= 0.6 is 0 Å². The molecule has 0 saturated heterocycles. The van der Waals surface area contributed by atoms with Gasteiger partial charge < -0.3 is 19.8 Å². The van der Waals surface area contributed by atoms with Gasteiger partial charge in [0.25, 0.3) is 0 Å². The quantitative estimate of drug-likeness (QED) is 0.784. The van der Waals surface area contributed by atoms with Gasteiger partial charge in [-0.3, -0.25) is 0 Å². The van der Waals surface area contributed by atoms with Gasteiger partial charge in [0, 0.05) is 0 Å². The van der Waals surface area contributed by atoms with Crippen LogP contribution in [-0.4, -0.2) is 16.3 Å². The first-order chi connectivity index (χ1) is 10.2. The Morgan fingerprint density at radius 3 is 2.90 bits per heavy atom. The second-order valence-electron chi connectivity index (χ2n) is 5.24. The van der Waals surface area contributed by atoms with Crippen molar-refractivity contribution in [1.29, 1.82) is 0 Å². The number of fused-ring (bicyclic) bond motifs is 2. The third kappa shape index (κ3) is 1.98. The van der Waals surface area contributed by atoms with Gasteiger partial charge in [-0.1, -0.05) is 12.1 Å². The second kappa shape index (κ2) is 4.41. The molecule has 1 aliphatic heterocycles. The Labute approximate surface area is 121 Å². The van der Waals surface area contributed by atoms with Crippen molar-refractivity contribution in [2.45, 2.75) is 13.5 Å². The number of aryl methyl sites for hydroxylation is 1. The van der Waals surface area contributed by atoms with Crippen molar-refractivity contribution in [3.05, 3.63) is 47.5 Å². The van der Waals surface area contributed by atoms with Gasteiger partial charge >= 0.3 is 0 Å². The van der Waals surface area contributed by atoms with Crippen molar-refractivity contribution in [3.63, 3.8) is 0 Å². The minimum Gasteiger partial charge on any atom is -0.454 e. The van der Waals surface area contributed by atoms with E-state index in [0.29, 0.717) is 12.5 Å². The van der Waals surface area contributed by atoms with Gasteiger partial charge in [0.05, 0.1) is 17.6 Å². The van der Waals surface area contributed by atoms with E-state index in [9.17, 15) is 0 Å². The van der Waals surface area contributed by atoms with E-state index in [4.69, 9.17) is 15.2 Å². The van der Waals surface area contributed by atoms with Crippen molar-refractivity contribution in [3.8, 4) is 11.5 Å². The van der Waals surface area contributed by atoms with Crippen LogP contribution in [0.5, 0.6) is 11.5 Å². The molecule has 3 aromatic rings. The molecule has 2 N–H and O–H groups in total. The van der Waals surface area contributed by atoms with Crippen LogP contribution in [0.3, 0.4) is 0 Å². The molecule has 2 aromatic carbocycles. The molecule has 5 nitrogen and oxygen atoms in total. The third-order valence-electron chi connectivity index (χ3n) is 3.71. The lowest BCUT2D eigenvalue weighted by Gasteiger charge is -2.07. The molecule has 5 heteroatoms. The molecule has 0 radical (unpaired) electrons. The molecule has 0 fully saturated rings. The Kier molecular flexibility index (Phi) is 2.54. The SMILES string of the molecule is Cc1ccc2c(c1)nc(N)n2Cc1ccc2c(c1)OCO2. The highest BCUT2D eigenvalue weighted by Crippen LogP contribution is 2.33. The Morgan fingerprint density at radius 2 is 2.00 bits per heavy atom. The van der Waals surface area contributed by atoms with Crippen LogP contribution in [0.25, 0.3) is 11.0 Å². The van der Waals surface area contributed by atoms with Crippen LogP contribution in [0.15, 0.2) is 36.4 Å². The highest BCUT2D eigenvalue weighted by molar-refractivity contribution is 5.79. The van der Waals surface area contributed by atoms with E-state index in [1.165, 1.54) is 5.56 Å². The van der Waals surface area contributed by atoms with Gasteiger partial charge in [-0.25, -0.2) is 4.98 Å². The van der Waals surface area contributed by atoms with Crippen LogP contribution in [0.2, 0.25) is 0 Å². The highest BCUT2D eigenvalue weighted by atomic mass is 16.7. The summed E-state index contributed by atoms with van der Waals surface area (Å²) in [6, 6.07) is 12.1. The van der Waals surface area contributed by atoms with Gasteiger partial charge in [-0.2, -0.15) is 0 Å². The van der Waals surface area contributed by atoms with Gasteiger partial charge in [0.1, 0.15) is 0 Å². The number of nitrogens with two attached hydrogens (primary N) is 1. The smallest absolute Gasteiger partial charge is 0.231 e. The maximum atomic E-state index is 6.06. The molecule has 2 heterocycles. The Balaban J connectivity index is 1.75. The number of hydrogen-bond donors (Lipinski definition) is 1. The van der Waals surface area contributed by atoms with E-state index in [2.05, 4.69) is 17.1 Å². The lowest BCUT2D eigenvalue weighted by Crippen LogP contribution is -2.04. The van der Waals surface area contributed by atoms with Crippen molar-refractivity contribution >= 4 is 17.0 Å². The maximum absolute atomic E-state index is 6.06. The first-order valence-corrected chi connectivity index (χ1v) is 6.81. The number of nitrogen functional groups attached to an aromatic ring is 1. The Hall–Kier alpha value is -2.69. The Bertz CT molecular complexity index is 839. The lowest BCUT2D eigenvalue weighted by atomic mass is 10.2.